The first-order chi connectivity index (χ1) is 9.47. The van der Waals surface area contributed by atoms with Gasteiger partial charge < -0.3 is 10.0 Å². The van der Waals surface area contributed by atoms with Gasteiger partial charge in [-0.25, -0.2) is 9.78 Å². The monoisotopic (exact) mass is 297 g/mol. The minimum absolute atomic E-state index is 0.122. The lowest BCUT2D eigenvalue weighted by Crippen LogP contribution is -2.47. The quantitative estimate of drug-likeness (QED) is 0.923. The Bertz CT molecular complexity index is 485. The van der Waals surface area contributed by atoms with E-state index in [9.17, 15) is 4.79 Å². The average molecular weight is 298 g/mol. The molecule has 1 fully saturated rings. The number of carbonyl (C=O) groups is 1. The SMILES string of the molecule is CC(C)CN1CCN(c2ncc(C(=O)O)cc2Cl)CC1. The van der Waals surface area contributed by atoms with Gasteiger partial charge in [-0.3, -0.25) is 4.90 Å². The number of halogens is 1. The van der Waals surface area contributed by atoms with Crippen molar-refractivity contribution in [1.29, 1.82) is 0 Å². The Kier molecular flexibility index (Phi) is 4.83. The van der Waals surface area contributed by atoms with Crippen molar-refractivity contribution in [3.05, 3.63) is 22.8 Å². The maximum absolute atomic E-state index is 10.9. The predicted octanol–water partition coefficient (Wildman–Crippen LogP) is 2.21. The second-order valence-corrected chi connectivity index (χ2v) is 5.92. The van der Waals surface area contributed by atoms with Gasteiger partial charge in [-0.1, -0.05) is 25.4 Å². The molecule has 1 aromatic heterocycles. The number of hydrogen-bond donors (Lipinski definition) is 1. The molecule has 0 atom stereocenters. The van der Waals surface area contributed by atoms with Gasteiger partial charge >= 0.3 is 5.97 Å². The maximum atomic E-state index is 10.9. The van der Waals surface area contributed by atoms with E-state index in [1.54, 1.807) is 0 Å². The fourth-order valence-corrected chi connectivity index (χ4v) is 2.72. The van der Waals surface area contributed by atoms with Gasteiger partial charge in [0.2, 0.25) is 0 Å². The van der Waals surface area contributed by atoms with Crippen molar-refractivity contribution in [3.8, 4) is 0 Å². The highest BCUT2D eigenvalue weighted by molar-refractivity contribution is 6.33. The summed E-state index contributed by atoms with van der Waals surface area (Å²) in [5, 5.41) is 9.32. The molecule has 0 aromatic carbocycles. The molecule has 0 radical (unpaired) electrons. The Morgan fingerprint density at radius 1 is 1.40 bits per heavy atom. The molecule has 1 saturated heterocycles. The lowest BCUT2D eigenvalue weighted by molar-refractivity contribution is 0.0696. The molecule has 110 valence electrons. The maximum Gasteiger partial charge on any atom is 0.337 e. The summed E-state index contributed by atoms with van der Waals surface area (Å²) in [6, 6.07) is 1.46. The number of aromatic carboxylic acids is 1. The Morgan fingerprint density at radius 2 is 2.05 bits per heavy atom. The van der Waals surface area contributed by atoms with Crippen LogP contribution in [-0.2, 0) is 0 Å². The molecular weight excluding hydrogens is 278 g/mol. The number of pyridine rings is 1. The van der Waals surface area contributed by atoms with Gasteiger partial charge in [0.25, 0.3) is 0 Å². The van der Waals surface area contributed by atoms with Crippen molar-refractivity contribution >= 4 is 23.4 Å². The first-order valence-electron chi connectivity index (χ1n) is 6.83. The van der Waals surface area contributed by atoms with Crippen molar-refractivity contribution < 1.29 is 9.90 Å². The van der Waals surface area contributed by atoms with Crippen molar-refractivity contribution in [2.75, 3.05) is 37.6 Å². The summed E-state index contributed by atoms with van der Waals surface area (Å²) >= 11 is 6.15. The first-order valence-corrected chi connectivity index (χ1v) is 7.21. The largest absolute Gasteiger partial charge is 0.478 e. The lowest BCUT2D eigenvalue weighted by Gasteiger charge is -2.36. The highest BCUT2D eigenvalue weighted by Gasteiger charge is 2.21. The van der Waals surface area contributed by atoms with Crippen molar-refractivity contribution in [2.45, 2.75) is 13.8 Å². The third kappa shape index (κ3) is 3.61. The summed E-state index contributed by atoms with van der Waals surface area (Å²) in [4.78, 5) is 19.6. The number of rotatable bonds is 4. The topological polar surface area (TPSA) is 56.7 Å². The molecule has 0 spiro atoms. The number of hydrogen-bond acceptors (Lipinski definition) is 4. The molecule has 2 heterocycles. The van der Waals surface area contributed by atoms with E-state index in [-0.39, 0.29) is 5.56 Å². The summed E-state index contributed by atoms with van der Waals surface area (Å²) in [6.07, 6.45) is 1.37. The fraction of sp³-hybridized carbons (Fsp3) is 0.571. The molecule has 5 nitrogen and oxygen atoms in total. The highest BCUT2D eigenvalue weighted by Crippen LogP contribution is 2.25. The van der Waals surface area contributed by atoms with Crippen LogP contribution in [0, 0.1) is 5.92 Å². The Morgan fingerprint density at radius 3 is 2.55 bits per heavy atom. The third-order valence-electron chi connectivity index (χ3n) is 3.36. The normalized spacial score (nSPS) is 16.7. The minimum atomic E-state index is -1.01. The number of piperazine rings is 1. The van der Waals surface area contributed by atoms with Gasteiger partial charge in [0.15, 0.2) is 0 Å². The zero-order valence-electron chi connectivity index (χ0n) is 11.8. The molecule has 0 amide bonds. The molecule has 1 aromatic rings. The van der Waals surface area contributed by atoms with Crippen LogP contribution in [0.1, 0.15) is 24.2 Å². The molecule has 0 unspecified atom stereocenters. The molecule has 0 bridgehead atoms. The molecule has 6 heteroatoms. The van der Waals surface area contributed by atoms with Crippen LogP contribution in [0.2, 0.25) is 5.02 Å². The molecule has 2 rings (SSSR count). The molecule has 1 aliphatic heterocycles. The number of carboxylic acid groups (broad SMARTS) is 1. The van der Waals surface area contributed by atoms with Crippen LogP contribution in [0.15, 0.2) is 12.3 Å². The van der Waals surface area contributed by atoms with Crippen LogP contribution in [0.3, 0.4) is 0 Å². The van der Waals surface area contributed by atoms with Gasteiger partial charge in [-0.15, -0.1) is 0 Å². The Balaban J connectivity index is 2.02. The molecule has 20 heavy (non-hydrogen) atoms. The van der Waals surface area contributed by atoms with Gasteiger partial charge in [0.05, 0.1) is 10.6 Å². The smallest absolute Gasteiger partial charge is 0.337 e. The van der Waals surface area contributed by atoms with Gasteiger partial charge in [-0.05, 0) is 12.0 Å². The lowest BCUT2D eigenvalue weighted by atomic mass is 10.2. The fourth-order valence-electron chi connectivity index (χ4n) is 2.44. The second-order valence-electron chi connectivity index (χ2n) is 5.52. The standard InChI is InChI=1S/C14H20ClN3O2/c1-10(2)9-17-3-5-18(6-4-17)13-12(15)7-11(8-16-13)14(19)20/h7-8,10H,3-6,9H2,1-2H3,(H,19,20). The highest BCUT2D eigenvalue weighted by atomic mass is 35.5. The van der Waals surface area contributed by atoms with Crippen LogP contribution < -0.4 is 4.90 Å². The zero-order valence-corrected chi connectivity index (χ0v) is 12.6. The molecule has 1 N–H and O–H groups in total. The summed E-state index contributed by atoms with van der Waals surface area (Å²) in [6.45, 7) is 9.24. The van der Waals surface area contributed by atoms with Gasteiger partial charge in [0, 0.05) is 38.9 Å². The van der Waals surface area contributed by atoms with Crippen LogP contribution in [0.4, 0.5) is 5.82 Å². The van der Waals surface area contributed by atoms with E-state index in [1.807, 2.05) is 0 Å². The van der Waals surface area contributed by atoms with Crippen molar-refractivity contribution in [3.63, 3.8) is 0 Å². The van der Waals surface area contributed by atoms with Crippen LogP contribution in [0.5, 0.6) is 0 Å². The van der Waals surface area contributed by atoms with Crippen molar-refractivity contribution in [1.82, 2.24) is 9.88 Å². The van der Waals surface area contributed by atoms with E-state index in [0.29, 0.717) is 16.8 Å². The van der Waals surface area contributed by atoms with Crippen LogP contribution in [-0.4, -0.2) is 53.7 Å². The number of carboxylic acids is 1. The zero-order chi connectivity index (χ0) is 14.7. The number of anilines is 1. The number of aromatic nitrogens is 1. The molecular formula is C14H20ClN3O2. The van der Waals surface area contributed by atoms with Crippen LogP contribution >= 0.6 is 11.6 Å². The van der Waals surface area contributed by atoms with Crippen LogP contribution in [0.25, 0.3) is 0 Å². The number of nitrogens with zero attached hydrogens (tertiary/aromatic N) is 3. The van der Waals surface area contributed by atoms with Gasteiger partial charge in [-0.2, -0.15) is 0 Å². The molecule has 0 saturated carbocycles. The van der Waals surface area contributed by atoms with E-state index in [2.05, 4.69) is 28.6 Å². The Hall–Kier alpha value is -1.33. The third-order valence-corrected chi connectivity index (χ3v) is 3.64. The van der Waals surface area contributed by atoms with E-state index in [4.69, 9.17) is 16.7 Å². The summed E-state index contributed by atoms with van der Waals surface area (Å²) < 4.78 is 0. The molecule has 0 aliphatic carbocycles. The second kappa shape index (κ2) is 6.41. The predicted molar refractivity (Wildman–Crippen MR) is 79.7 cm³/mol. The van der Waals surface area contributed by atoms with E-state index in [0.717, 1.165) is 32.7 Å². The minimum Gasteiger partial charge on any atom is -0.478 e. The Labute approximate surface area is 124 Å². The summed E-state index contributed by atoms with van der Waals surface area (Å²) in [7, 11) is 0. The first kappa shape index (κ1) is 15.1. The average Bonchev–Trinajstić information content (AvgIpc) is 2.39. The van der Waals surface area contributed by atoms with E-state index >= 15 is 0 Å². The van der Waals surface area contributed by atoms with Crippen molar-refractivity contribution in [2.24, 2.45) is 5.92 Å². The summed E-state index contributed by atoms with van der Waals surface area (Å²) in [5.41, 5.74) is 0.122. The van der Waals surface area contributed by atoms with E-state index < -0.39 is 5.97 Å². The van der Waals surface area contributed by atoms with E-state index in [1.165, 1.54) is 12.3 Å². The van der Waals surface area contributed by atoms with Gasteiger partial charge in [0.1, 0.15) is 5.82 Å². The molecule has 1 aliphatic rings. The summed E-state index contributed by atoms with van der Waals surface area (Å²) in [5.74, 6) is 0.340.